The van der Waals surface area contributed by atoms with Crippen LogP contribution < -0.4 is 19.9 Å². The second kappa shape index (κ2) is 9.40. The average molecular weight is 417 g/mol. The molecular formula is C20H23N3O7. The SMILES string of the molecule is COc1cc(COc2nc(=O)n(C3CC3)cc2C)c([N+](=O)[O-])cc1OC/C=C/CO. The van der Waals surface area contributed by atoms with Gasteiger partial charge in [0.2, 0.25) is 5.88 Å². The molecule has 0 unspecified atom stereocenters. The molecule has 1 fully saturated rings. The van der Waals surface area contributed by atoms with Crippen molar-refractivity contribution in [1.29, 1.82) is 0 Å². The Morgan fingerprint density at radius 1 is 1.30 bits per heavy atom. The number of aliphatic hydroxyl groups excluding tert-OH is 1. The predicted octanol–water partition coefficient (Wildman–Crippen LogP) is 2.31. The van der Waals surface area contributed by atoms with E-state index in [9.17, 15) is 14.9 Å². The summed E-state index contributed by atoms with van der Waals surface area (Å²) in [6.45, 7) is 1.59. The summed E-state index contributed by atoms with van der Waals surface area (Å²) in [5.74, 6) is 0.627. The molecule has 1 aromatic carbocycles. The third-order valence-electron chi connectivity index (χ3n) is 4.56. The molecular weight excluding hydrogens is 394 g/mol. The number of nitro benzene ring substituents is 1. The lowest BCUT2D eigenvalue weighted by atomic mass is 10.1. The third-order valence-corrected chi connectivity index (χ3v) is 4.56. The number of aliphatic hydroxyl groups is 1. The minimum Gasteiger partial charge on any atom is -0.493 e. The minimum absolute atomic E-state index is 0.115. The Kier molecular flexibility index (Phi) is 6.68. The maximum absolute atomic E-state index is 12.2. The molecule has 1 aliphatic carbocycles. The van der Waals surface area contributed by atoms with E-state index >= 15 is 0 Å². The number of aromatic nitrogens is 2. The zero-order chi connectivity index (χ0) is 21.7. The van der Waals surface area contributed by atoms with Gasteiger partial charge in [0.1, 0.15) is 13.2 Å². The van der Waals surface area contributed by atoms with Crippen LogP contribution in [0.1, 0.15) is 30.0 Å². The molecule has 1 aromatic heterocycles. The van der Waals surface area contributed by atoms with Gasteiger partial charge in [-0.1, -0.05) is 6.08 Å². The van der Waals surface area contributed by atoms with Gasteiger partial charge in [0.25, 0.3) is 5.69 Å². The summed E-state index contributed by atoms with van der Waals surface area (Å²) in [6, 6.07) is 2.92. The first-order chi connectivity index (χ1) is 14.4. The smallest absolute Gasteiger partial charge is 0.351 e. The molecule has 30 heavy (non-hydrogen) atoms. The van der Waals surface area contributed by atoms with E-state index in [-0.39, 0.29) is 48.7 Å². The fourth-order valence-electron chi connectivity index (χ4n) is 2.89. The van der Waals surface area contributed by atoms with Crippen molar-refractivity contribution in [3.63, 3.8) is 0 Å². The number of methoxy groups -OCH3 is 1. The van der Waals surface area contributed by atoms with Gasteiger partial charge in [0.15, 0.2) is 11.5 Å². The van der Waals surface area contributed by atoms with Gasteiger partial charge in [-0.2, -0.15) is 4.98 Å². The van der Waals surface area contributed by atoms with Crippen molar-refractivity contribution < 1.29 is 24.2 Å². The Morgan fingerprint density at radius 3 is 2.70 bits per heavy atom. The van der Waals surface area contributed by atoms with Crippen LogP contribution in [0.2, 0.25) is 0 Å². The molecule has 0 amide bonds. The Balaban J connectivity index is 1.82. The van der Waals surface area contributed by atoms with Gasteiger partial charge in [-0.15, -0.1) is 0 Å². The number of hydrogen-bond acceptors (Lipinski definition) is 8. The van der Waals surface area contributed by atoms with Crippen LogP contribution >= 0.6 is 0 Å². The molecule has 0 saturated heterocycles. The van der Waals surface area contributed by atoms with Crippen molar-refractivity contribution in [1.82, 2.24) is 9.55 Å². The lowest BCUT2D eigenvalue weighted by Crippen LogP contribution is -2.23. The summed E-state index contributed by atoms with van der Waals surface area (Å²) >= 11 is 0. The summed E-state index contributed by atoms with van der Waals surface area (Å²) in [7, 11) is 1.42. The zero-order valence-corrected chi connectivity index (χ0v) is 16.7. The van der Waals surface area contributed by atoms with E-state index in [1.54, 1.807) is 23.8 Å². The van der Waals surface area contributed by atoms with E-state index in [1.165, 1.54) is 25.3 Å². The van der Waals surface area contributed by atoms with Crippen LogP contribution in [0.3, 0.4) is 0 Å². The lowest BCUT2D eigenvalue weighted by Gasteiger charge is -2.13. The second-order valence-corrected chi connectivity index (χ2v) is 6.79. The van der Waals surface area contributed by atoms with Crippen molar-refractivity contribution in [3.8, 4) is 17.4 Å². The molecule has 0 aliphatic heterocycles. The monoisotopic (exact) mass is 417 g/mol. The highest BCUT2D eigenvalue weighted by molar-refractivity contribution is 5.54. The molecule has 0 bridgehead atoms. The molecule has 1 aliphatic rings. The first kappa shape index (κ1) is 21.3. The minimum atomic E-state index is -0.542. The highest BCUT2D eigenvalue weighted by Crippen LogP contribution is 2.36. The Hall–Kier alpha value is -3.40. The van der Waals surface area contributed by atoms with Crippen LogP contribution in [0, 0.1) is 17.0 Å². The van der Waals surface area contributed by atoms with Gasteiger partial charge in [-0.3, -0.25) is 14.7 Å². The van der Waals surface area contributed by atoms with Crippen LogP contribution in [0.25, 0.3) is 0 Å². The third kappa shape index (κ3) is 4.95. The first-order valence-electron chi connectivity index (χ1n) is 9.41. The first-order valence-corrected chi connectivity index (χ1v) is 9.41. The van der Waals surface area contributed by atoms with E-state index in [0.29, 0.717) is 11.3 Å². The summed E-state index contributed by atoms with van der Waals surface area (Å²) in [6.07, 6.45) is 6.69. The summed E-state index contributed by atoms with van der Waals surface area (Å²) < 4.78 is 18.0. The fourth-order valence-corrected chi connectivity index (χ4v) is 2.89. The lowest BCUT2D eigenvalue weighted by molar-refractivity contribution is -0.385. The van der Waals surface area contributed by atoms with Crippen LogP contribution in [0.15, 0.2) is 35.3 Å². The van der Waals surface area contributed by atoms with Crippen molar-refractivity contribution >= 4 is 5.69 Å². The number of rotatable bonds is 10. The maximum Gasteiger partial charge on any atom is 0.351 e. The van der Waals surface area contributed by atoms with Gasteiger partial charge in [0, 0.05) is 17.8 Å². The van der Waals surface area contributed by atoms with Crippen LogP contribution in [0.4, 0.5) is 5.69 Å². The molecule has 1 N–H and O–H groups in total. The van der Waals surface area contributed by atoms with Crippen molar-refractivity contribution in [2.75, 3.05) is 20.3 Å². The topological polar surface area (TPSA) is 126 Å². The van der Waals surface area contributed by atoms with Gasteiger partial charge < -0.3 is 19.3 Å². The van der Waals surface area contributed by atoms with Crippen LogP contribution in [-0.2, 0) is 6.61 Å². The quantitative estimate of drug-likeness (QED) is 0.355. The number of hydrogen-bond donors (Lipinski definition) is 1. The number of nitro groups is 1. The van der Waals surface area contributed by atoms with Crippen LogP contribution in [-0.4, -0.2) is 39.9 Å². The number of ether oxygens (including phenoxy) is 3. The summed E-state index contributed by atoms with van der Waals surface area (Å²) in [4.78, 5) is 27.1. The Labute approximate surface area is 172 Å². The number of aryl methyl sites for hydroxylation is 1. The number of benzene rings is 1. The summed E-state index contributed by atoms with van der Waals surface area (Å²) in [5.41, 5.74) is 0.320. The molecule has 0 radical (unpaired) electrons. The number of nitrogens with zero attached hydrogens (tertiary/aromatic N) is 3. The molecule has 2 aromatic rings. The van der Waals surface area contributed by atoms with E-state index in [0.717, 1.165) is 12.8 Å². The largest absolute Gasteiger partial charge is 0.493 e. The highest BCUT2D eigenvalue weighted by atomic mass is 16.6. The van der Waals surface area contributed by atoms with Gasteiger partial charge in [-0.05, 0) is 31.9 Å². The molecule has 1 saturated carbocycles. The highest BCUT2D eigenvalue weighted by Gasteiger charge is 2.26. The van der Waals surface area contributed by atoms with Gasteiger partial charge in [0.05, 0.1) is 30.3 Å². The van der Waals surface area contributed by atoms with Gasteiger partial charge in [-0.25, -0.2) is 4.79 Å². The maximum atomic E-state index is 12.2. The second-order valence-electron chi connectivity index (χ2n) is 6.79. The van der Waals surface area contributed by atoms with Crippen LogP contribution in [0.5, 0.6) is 17.4 Å². The molecule has 160 valence electrons. The van der Waals surface area contributed by atoms with E-state index in [4.69, 9.17) is 19.3 Å². The molecule has 3 rings (SSSR count). The molecule has 10 nitrogen and oxygen atoms in total. The normalized spacial score (nSPS) is 13.4. The average Bonchev–Trinajstić information content (AvgIpc) is 3.56. The van der Waals surface area contributed by atoms with Crippen molar-refractivity contribution in [3.05, 3.63) is 62.2 Å². The van der Waals surface area contributed by atoms with Crippen molar-refractivity contribution in [2.24, 2.45) is 0 Å². The summed E-state index contributed by atoms with van der Waals surface area (Å²) in [5, 5.41) is 20.3. The molecule has 1 heterocycles. The predicted molar refractivity (Wildman–Crippen MR) is 107 cm³/mol. The van der Waals surface area contributed by atoms with Crippen molar-refractivity contribution in [2.45, 2.75) is 32.4 Å². The molecule has 0 atom stereocenters. The van der Waals surface area contributed by atoms with E-state index < -0.39 is 10.6 Å². The zero-order valence-electron chi connectivity index (χ0n) is 16.7. The van der Waals surface area contributed by atoms with E-state index in [2.05, 4.69) is 4.98 Å². The Bertz CT molecular complexity index is 1010. The fraction of sp³-hybridized carbons (Fsp3) is 0.400. The molecule has 10 heteroatoms. The Morgan fingerprint density at radius 2 is 2.07 bits per heavy atom. The standard InChI is InChI=1S/C20H23N3O7/c1-13-11-22(15-5-6-15)20(25)21-19(13)30-12-14-9-17(28-2)18(10-16(14)23(26)27)29-8-4-3-7-24/h3-4,9-11,15,24H,5-8,12H2,1-2H3/b4-3+. The van der Waals surface area contributed by atoms with Gasteiger partial charge >= 0.3 is 5.69 Å². The molecule has 0 spiro atoms. The van der Waals surface area contributed by atoms with E-state index in [1.807, 2.05) is 0 Å².